The van der Waals surface area contributed by atoms with Crippen molar-refractivity contribution in [1.29, 1.82) is 0 Å². The number of nitrogens with one attached hydrogen (secondary N) is 1. The van der Waals surface area contributed by atoms with E-state index in [9.17, 15) is 5.11 Å². The molecule has 3 aromatic carbocycles. The van der Waals surface area contributed by atoms with Gasteiger partial charge in [0.25, 0.3) is 0 Å². The van der Waals surface area contributed by atoms with Crippen LogP contribution in [0.3, 0.4) is 0 Å². The van der Waals surface area contributed by atoms with Crippen molar-refractivity contribution in [1.82, 2.24) is 20.3 Å². The maximum absolute atomic E-state index is 10.4. The topological polar surface area (TPSA) is 74.2 Å². The lowest BCUT2D eigenvalue weighted by molar-refractivity contribution is 0.476. The van der Waals surface area contributed by atoms with Gasteiger partial charge in [-0.1, -0.05) is 36.4 Å². The Labute approximate surface area is 216 Å². The van der Waals surface area contributed by atoms with Crippen LogP contribution in [-0.4, -0.2) is 45.2 Å². The van der Waals surface area contributed by atoms with Crippen molar-refractivity contribution in [3.63, 3.8) is 0 Å². The van der Waals surface area contributed by atoms with Crippen LogP contribution in [0.4, 0.5) is 5.82 Å². The van der Waals surface area contributed by atoms with Crippen molar-refractivity contribution in [3.8, 4) is 16.9 Å². The lowest BCUT2D eigenvalue weighted by Gasteiger charge is -2.37. The van der Waals surface area contributed by atoms with Crippen molar-refractivity contribution in [2.45, 2.75) is 37.8 Å². The number of nitrogens with zero attached hydrogens (tertiary/aromatic N) is 4. The Morgan fingerprint density at radius 1 is 0.865 bits per heavy atom. The molecule has 2 fully saturated rings. The van der Waals surface area contributed by atoms with E-state index >= 15 is 0 Å². The first-order valence-electron chi connectivity index (χ1n) is 13.1. The average molecular weight is 488 g/mol. The zero-order chi connectivity index (χ0) is 24.8. The lowest BCUT2D eigenvalue weighted by Crippen LogP contribution is -2.52. The van der Waals surface area contributed by atoms with Gasteiger partial charge in [-0.05, 0) is 77.1 Å². The molecule has 0 radical (unpaired) electrons. The van der Waals surface area contributed by atoms with E-state index in [4.69, 9.17) is 9.97 Å². The molecular weight excluding hydrogens is 458 g/mol. The first-order valence-corrected chi connectivity index (χ1v) is 13.1. The summed E-state index contributed by atoms with van der Waals surface area (Å²) in [6.07, 6.45) is 7.73. The number of rotatable bonds is 5. The molecule has 0 aliphatic carbocycles. The molecule has 0 saturated carbocycles. The Balaban J connectivity index is 1.36. The maximum Gasteiger partial charge on any atom is 0.140 e. The van der Waals surface area contributed by atoms with Crippen LogP contribution in [-0.2, 0) is 12.8 Å². The third-order valence-corrected chi connectivity index (χ3v) is 7.87. The molecule has 6 heteroatoms. The summed E-state index contributed by atoms with van der Waals surface area (Å²) in [6.45, 7) is 2.00. The Hall–Kier alpha value is -4.03. The number of fused-ring (bicyclic) bond motifs is 4. The summed E-state index contributed by atoms with van der Waals surface area (Å²) in [7, 11) is 0. The number of phenolic OH excluding ortho intramolecular Hbond substituents is 1. The summed E-state index contributed by atoms with van der Waals surface area (Å²) in [6, 6.07) is 23.4. The minimum absolute atomic E-state index is 0.270. The first-order chi connectivity index (χ1) is 18.2. The number of pyridine rings is 1. The van der Waals surface area contributed by atoms with Gasteiger partial charge in [-0.15, -0.1) is 0 Å². The number of aromatic nitrogens is 3. The molecule has 7 rings (SSSR count). The van der Waals surface area contributed by atoms with E-state index in [1.165, 1.54) is 18.4 Å². The standard InChI is InChI=1S/C31H29N5O/c37-25-14-21-5-1-2-6-26(21)28(16-25)22-8-11-27-29(15-22)34-30(12-7-20-4-3-13-32-17-20)35-31(27)36-23-9-10-24(36)19-33-18-23/h1-6,8,11,13-17,23-24,33,37H,7,9-10,12,18-19H2/t23-,24+. The van der Waals surface area contributed by atoms with Crippen molar-refractivity contribution in [2.24, 2.45) is 0 Å². The molecule has 2 aromatic heterocycles. The largest absolute Gasteiger partial charge is 0.508 e. The Kier molecular flexibility index (Phi) is 5.47. The summed E-state index contributed by atoms with van der Waals surface area (Å²) in [5.41, 5.74) is 4.20. The summed E-state index contributed by atoms with van der Waals surface area (Å²) in [5, 5.41) is 17.3. The molecule has 2 saturated heterocycles. The molecule has 0 spiro atoms. The van der Waals surface area contributed by atoms with Crippen LogP contribution in [0.5, 0.6) is 5.75 Å². The van der Waals surface area contributed by atoms with E-state index in [0.717, 1.165) is 70.4 Å². The molecule has 0 amide bonds. The van der Waals surface area contributed by atoms with Crippen molar-refractivity contribution >= 4 is 27.5 Å². The van der Waals surface area contributed by atoms with Gasteiger partial charge >= 0.3 is 0 Å². The van der Waals surface area contributed by atoms with Gasteiger partial charge in [-0.3, -0.25) is 4.98 Å². The van der Waals surface area contributed by atoms with Crippen molar-refractivity contribution < 1.29 is 5.11 Å². The second-order valence-corrected chi connectivity index (χ2v) is 10.2. The van der Waals surface area contributed by atoms with Crippen molar-refractivity contribution in [3.05, 3.63) is 90.5 Å². The molecule has 37 heavy (non-hydrogen) atoms. The van der Waals surface area contributed by atoms with Gasteiger partial charge < -0.3 is 15.3 Å². The predicted octanol–water partition coefficient (Wildman–Crippen LogP) is 5.28. The minimum Gasteiger partial charge on any atom is -0.508 e. The molecule has 2 atom stereocenters. The number of piperazine rings is 1. The zero-order valence-corrected chi connectivity index (χ0v) is 20.6. The number of aryl methyl sites for hydroxylation is 2. The van der Waals surface area contributed by atoms with Crippen LogP contribution in [0.15, 0.2) is 79.1 Å². The highest BCUT2D eigenvalue weighted by atomic mass is 16.3. The van der Waals surface area contributed by atoms with Gasteiger partial charge in [0.05, 0.1) is 5.52 Å². The molecule has 184 valence electrons. The highest BCUT2D eigenvalue weighted by molar-refractivity contribution is 6.00. The number of benzene rings is 3. The third kappa shape index (κ3) is 4.07. The Morgan fingerprint density at radius 2 is 1.73 bits per heavy atom. The number of aromatic hydroxyl groups is 1. The summed E-state index contributed by atoms with van der Waals surface area (Å²) in [4.78, 5) is 17.1. The monoisotopic (exact) mass is 487 g/mol. The van der Waals surface area contributed by atoms with Crippen molar-refractivity contribution in [2.75, 3.05) is 18.0 Å². The molecule has 4 heterocycles. The highest BCUT2D eigenvalue weighted by Gasteiger charge is 2.38. The number of hydrogen-bond acceptors (Lipinski definition) is 6. The molecule has 2 aliphatic rings. The molecule has 2 N–H and O–H groups in total. The van der Waals surface area contributed by atoms with Crippen LogP contribution in [0, 0.1) is 0 Å². The van der Waals surface area contributed by atoms with Gasteiger partial charge in [-0.2, -0.15) is 0 Å². The van der Waals surface area contributed by atoms with E-state index in [1.807, 2.05) is 42.6 Å². The molecule has 2 aliphatic heterocycles. The average Bonchev–Trinajstić information content (AvgIpc) is 3.18. The number of anilines is 1. The van der Waals surface area contributed by atoms with Crippen LogP contribution in [0.2, 0.25) is 0 Å². The fraction of sp³-hybridized carbons (Fsp3) is 0.258. The van der Waals surface area contributed by atoms with E-state index in [0.29, 0.717) is 12.1 Å². The molecule has 5 aromatic rings. The van der Waals surface area contributed by atoms with Crippen LogP contribution < -0.4 is 10.2 Å². The normalized spacial score (nSPS) is 19.1. The fourth-order valence-corrected chi connectivity index (χ4v) is 6.10. The Morgan fingerprint density at radius 3 is 2.57 bits per heavy atom. The molecular formula is C31H29N5O. The quantitative estimate of drug-likeness (QED) is 0.352. The van der Waals surface area contributed by atoms with Gasteiger partial charge in [0.15, 0.2) is 0 Å². The van der Waals surface area contributed by atoms with E-state index in [-0.39, 0.29) is 5.75 Å². The van der Waals surface area contributed by atoms with E-state index < -0.39 is 0 Å². The van der Waals surface area contributed by atoms with Crippen LogP contribution in [0.1, 0.15) is 24.2 Å². The summed E-state index contributed by atoms with van der Waals surface area (Å²) in [5.74, 6) is 2.20. The maximum atomic E-state index is 10.4. The fourth-order valence-electron chi connectivity index (χ4n) is 6.10. The van der Waals surface area contributed by atoms with E-state index in [1.54, 1.807) is 6.20 Å². The minimum atomic E-state index is 0.270. The zero-order valence-electron chi connectivity index (χ0n) is 20.6. The SMILES string of the molecule is Oc1cc(-c2ccc3c(N4[C@@H]5CC[C@H]4CNC5)nc(CCc4cccnc4)nc3c2)c2ccccc2c1. The van der Waals surface area contributed by atoms with Crippen LogP contribution in [0.25, 0.3) is 32.8 Å². The van der Waals surface area contributed by atoms with Gasteiger partial charge in [0, 0.05) is 49.4 Å². The first kappa shape index (κ1) is 22.2. The van der Waals surface area contributed by atoms with Crippen LogP contribution >= 0.6 is 0 Å². The lowest BCUT2D eigenvalue weighted by atomic mass is 9.96. The highest BCUT2D eigenvalue weighted by Crippen LogP contribution is 2.38. The van der Waals surface area contributed by atoms with Gasteiger partial charge in [-0.25, -0.2) is 9.97 Å². The summed E-state index contributed by atoms with van der Waals surface area (Å²) >= 11 is 0. The van der Waals surface area contributed by atoms with E-state index in [2.05, 4.69) is 45.5 Å². The second kappa shape index (κ2) is 9.12. The molecule has 2 bridgehead atoms. The second-order valence-electron chi connectivity index (χ2n) is 10.2. The molecule has 6 nitrogen and oxygen atoms in total. The smallest absolute Gasteiger partial charge is 0.140 e. The summed E-state index contributed by atoms with van der Waals surface area (Å²) < 4.78 is 0. The van der Waals surface area contributed by atoms with Gasteiger partial charge in [0.2, 0.25) is 0 Å². The third-order valence-electron chi connectivity index (χ3n) is 7.87. The molecule has 0 unspecified atom stereocenters. The Bertz CT molecular complexity index is 1590. The number of phenols is 1. The predicted molar refractivity (Wildman–Crippen MR) is 148 cm³/mol. The number of hydrogen-bond donors (Lipinski definition) is 2. The van der Waals surface area contributed by atoms with Gasteiger partial charge in [0.1, 0.15) is 17.4 Å².